The Balaban J connectivity index is 1.32. The highest BCUT2D eigenvalue weighted by Gasteiger charge is 2.37. The number of para-hydroxylation sites is 1. The highest BCUT2D eigenvalue weighted by molar-refractivity contribution is 6.30. The van der Waals surface area contributed by atoms with Crippen molar-refractivity contribution >= 4 is 35.2 Å². The van der Waals surface area contributed by atoms with Crippen LogP contribution in [0.3, 0.4) is 0 Å². The summed E-state index contributed by atoms with van der Waals surface area (Å²) in [5.74, 6) is -1.80. The zero-order valence-corrected chi connectivity index (χ0v) is 28.3. The van der Waals surface area contributed by atoms with Gasteiger partial charge in [0.2, 0.25) is 17.7 Å². The molecule has 3 aromatic rings. The lowest BCUT2D eigenvalue weighted by molar-refractivity contribution is -0.139. The van der Waals surface area contributed by atoms with Crippen LogP contribution in [-0.2, 0) is 14.4 Å². The third-order valence-electron chi connectivity index (χ3n) is 8.29. The van der Waals surface area contributed by atoms with Gasteiger partial charge in [0.15, 0.2) is 11.5 Å². The molecule has 0 saturated carbocycles. The number of ether oxygens (including phenoxy) is 3. The molecule has 1 saturated heterocycles. The van der Waals surface area contributed by atoms with E-state index < -0.39 is 48.1 Å². The lowest BCUT2D eigenvalue weighted by Gasteiger charge is -2.32. The fourth-order valence-electron chi connectivity index (χ4n) is 5.76. The van der Waals surface area contributed by atoms with Crippen LogP contribution in [0.15, 0.2) is 66.7 Å². The van der Waals surface area contributed by atoms with Gasteiger partial charge in [0.1, 0.15) is 42.6 Å². The molecule has 0 aliphatic carbocycles. The smallest absolute Gasteiger partial charge is 0.255 e. The molecule has 11 nitrogen and oxygen atoms in total. The van der Waals surface area contributed by atoms with E-state index in [1.807, 2.05) is 13.8 Å². The summed E-state index contributed by atoms with van der Waals surface area (Å²) < 4.78 is 31.9. The van der Waals surface area contributed by atoms with Gasteiger partial charge >= 0.3 is 0 Å². The average molecular weight is 695 g/mol. The summed E-state index contributed by atoms with van der Waals surface area (Å²) in [6.07, 6.45) is 1.10. The molecule has 13 heteroatoms. The molecule has 3 N–H and O–H groups in total. The number of carbonyl (C=O) groups is 4. The van der Waals surface area contributed by atoms with Crippen LogP contribution >= 0.6 is 11.6 Å². The molecular formula is C36H40ClFN4O7. The monoisotopic (exact) mass is 694 g/mol. The van der Waals surface area contributed by atoms with Gasteiger partial charge in [0.25, 0.3) is 5.91 Å². The molecule has 1 fully saturated rings. The van der Waals surface area contributed by atoms with E-state index in [-0.39, 0.29) is 48.1 Å². The first kappa shape index (κ1) is 35.5. The summed E-state index contributed by atoms with van der Waals surface area (Å²) >= 11 is 6.05. The molecule has 0 unspecified atom stereocenters. The Morgan fingerprint density at radius 2 is 1.84 bits per heavy atom. The first-order valence-corrected chi connectivity index (χ1v) is 16.6. The van der Waals surface area contributed by atoms with Crippen molar-refractivity contribution in [1.29, 1.82) is 0 Å². The molecule has 0 spiro atoms. The van der Waals surface area contributed by atoms with E-state index >= 15 is 0 Å². The van der Waals surface area contributed by atoms with Gasteiger partial charge < -0.3 is 35.1 Å². The van der Waals surface area contributed by atoms with Gasteiger partial charge in [-0.05, 0) is 68.1 Å². The Bertz CT molecular complexity index is 1690. The number of nitrogens with one attached hydrogen (secondary N) is 3. The van der Waals surface area contributed by atoms with Gasteiger partial charge in [-0.3, -0.25) is 19.2 Å². The normalized spacial score (nSPS) is 20.6. The maximum absolute atomic E-state index is 14.1. The SMILES string of the molecule is CC(C)[C@H]1NC(=O)C[C@@H](C(=O)N[C@H](C)COc2ccc(F)cc2Oc2cccc(Cl)c2)NC(=O)c2ccccc2OC[C@@H]2CCCN2C1=O. The highest BCUT2D eigenvalue weighted by atomic mass is 35.5. The molecule has 49 heavy (non-hydrogen) atoms. The lowest BCUT2D eigenvalue weighted by Crippen LogP contribution is -2.56. The van der Waals surface area contributed by atoms with E-state index in [0.717, 1.165) is 12.8 Å². The summed E-state index contributed by atoms with van der Waals surface area (Å²) in [5.41, 5.74) is 0.189. The third-order valence-corrected chi connectivity index (χ3v) is 8.53. The summed E-state index contributed by atoms with van der Waals surface area (Å²) in [6, 6.07) is 14.0. The van der Waals surface area contributed by atoms with Crippen molar-refractivity contribution in [2.24, 2.45) is 5.92 Å². The average Bonchev–Trinajstić information content (AvgIpc) is 3.53. The number of benzene rings is 3. The zero-order valence-electron chi connectivity index (χ0n) is 27.5. The van der Waals surface area contributed by atoms with Crippen LogP contribution in [0.25, 0.3) is 0 Å². The summed E-state index contributed by atoms with van der Waals surface area (Å²) in [4.78, 5) is 55.9. The number of carbonyl (C=O) groups excluding carboxylic acids is 4. The van der Waals surface area contributed by atoms with Crippen LogP contribution in [0.1, 0.15) is 50.4 Å². The molecule has 2 aliphatic rings. The highest BCUT2D eigenvalue weighted by Crippen LogP contribution is 2.33. The third kappa shape index (κ3) is 9.20. The Labute approximate surface area is 289 Å². The second-order valence-corrected chi connectivity index (χ2v) is 13.0. The summed E-state index contributed by atoms with van der Waals surface area (Å²) in [7, 11) is 0. The van der Waals surface area contributed by atoms with Crippen molar-refractivity contribution in [2.45, 2.75) is 64.2 Å². The van der Waals surface area contributed by atoms with Crippen LogP contribution in [0.4, 0.5) is 4.39 Å². The fraction of sp³-hybridized carbons (Fsp3) is 0.389. The molecule has 3 aromatic carbocycles. The second kappa shape index (κ2) is 16.0. The van der Waals surface area contributed by atoms with Crippen LogP contribution in [0, 0.1) is 11.7 Å². The van der Waals surface area contributed by atoms with Gasteiger partial charge in [-0.25, -0.2) is 4.39 Å². The summed E-state index contributed by atoms with van der Waals surface area (Å²) in [5, 5.41) is 8.71. The number of nitrogens with zero attached hydrogens (tertiary/aromatic N) is 1. The van der Waals surface area contributed by atoms with Crippen LogP contribution in [0.5, 0.6) is 23.0 Å². The van der Waals surface area contributed by atoms with Crippen molar-refractivity contribution in [3.8, 4) is 23.0 Å². The van der Waals surface area contributed by atoms with E-state index in [2.05, 4.69) is 16.0 Å². The van der Waals surface area contributed by atoms with E-state index in [1.165, 1.54) is 18.2 Å². The molecule has 0 radical (unpaired) electrons. The second-order valence-electron chi connectivity index (χ2n) is 12.5. The van der Waals surface area contributed by atoms with Gasteiger partial charge in [0.05, 0.1) is 24.1 Å². The van der Waals surface area contributed by atoms with Gasteiger partial charge in [-0.2, -0.15) is 0 Å². The Hall–Kier alpha value is -4.84. The predicted octanol–water partition coefficient (Wildman–Crippen LogP) is 4.87. The first-order chi connectivity index (χ1) is 23.5. The van der Waals surface area contributed by atoms with E-state index in [0.29, 0.717) is 23.1 Å². The van der Waals surface area contributed by atoms with Crippen molar-refractivity contribution in [2.75, 3.05) is 19.8 Å². The van der Waals surface area contributed by atoms with Crippen LogP contribution in [0.2, 0.25) is 5.02 Å². The van der Waals surface area contributed by atoms with Crippen LogP contribution in [-0.4, -0.2) is 72.5 Å². The minimum absolute atomic E-state index is 0.0618. The maximum atomic E-state index is 14.1. The first-order valence-electron chi connectivity index (χ1n) is 16.3. The topological polar surface area (TPSA) is 135 Å². The van der Waals surface area contributed by atoms with Gasteiger partial charge in [-0.1, -0.05) is 43.6 Å². The molecule has 4 atom stereocenters. The molecule has 4 amide bonds. The molecule has 5 rings (SSSR count). The maximum Gasteiger partial charge on any atom is 0.255 e. The Morgan fingerprint density at radius 3 is 2.61 bits per heavy atom. The van der Waals surface area contributed by atoms with E-state index in [1.54, 1.807) is 60.4 Å². The molecule has 2 heterocycles. The lowest BCUT2D eigenvalue weighted by atomic mass is 10.0. The number of rotatable bonds is 8. The van der Waals surface area contributed by atoms with E-state index in [9.17, 15) is 23.6 Å². The largest absolute Gasteiger partial charge is 0.491 e. The van der Waals surface area contributed by atoms with Crippen molar-refractivity contribution < 1.29 is 37.8 Å². The van der Waals surface area contributed by atoms with Crippen molar-refractivity contribution in [3.05, 3.63) is 83.1 Å². The number of halogens is 2. The van der Waals surface area contributed by atoms with Gasteiger partial charge in [0, 0.05) is 17.6 Å². The molecule has 260 valence electrons. The van der Waals surface area contributed by atoms with Gasteiger partial charge in [-0.15, -0.1) is 0 Å². The number of hydrogen-bond donors (Lipinski definition) is 3. The Kier molecular flexibility index (Phi) is 11.6. The molecular weight excluding hydrogens is 655 g/mol. The van der Waals surface area contributed by atoms with Crippen molar-refractivity contribution in [3.63, 3.8) is 0 Å². The standard InChI is InChI=1S/C36H40ClFN4O7/c1-21(2)33-36(46)42-15-7-9-25(42)20-48-29-12-5-4-11-27(29)34(44)40-28(18-32(43)41-33)35(45)39-22(3)19-47-30-14-13-24(38)17-31(30)49-26-10-6-8-23(37)16-26/h4-6,8,10-14,16-17,21-22,25,28,33H,7,9,15,18-20H2,1-3H3,(H,39,45)(H,40,44)(H,41,43)/t22-,25+,28+,33-/m1/s1. The predicted molar refractivity (Wildman–Crippen MR) is 180 cm³/mol. The minimum Gasteiger partial charge on any atom is -0.491 e. The quantitative estimate of drug-likeness (QED) is 0.306. The minimum atomic E-state index is -1.30. The number of hydrogen-bond acceptors (Lipinski definition) is 7. The Morgan fingerprint density at radius 1 is 1.04 bits per heavy atom. The number of amides is 4. The molecule has 0 aromatic heterocycles. The molecule has 0 bridgehead atoms. The fourth-order valence-corrected chi connectivity index (χ4v) is 5.94. The van der Waals surface area contributed by atoms with Crippen molar-refractivity contribution in [1.82, 2.24) is 20.9 Å². The van der Waals surface area contributed by atoms with Crippen LogP contribution < -0.4 is 30.2 Å². The van der Waals surface area contributed by atoms with E-state index in [4.69, 9.17) is 25.8 Å². The summed E-state index contributed by atoms with van der Waals surface area (Å²) in [6.45, 7) is 6.00. The number of fused-ring (bicyclic) bond motifs is 2. The zero-order chi connectivity index (χ0) is 35.1. The molecule has 2 aliphatic heterocycles.